The first kappa shape index (κ1) is 10.3. The van der Waals surface area contributed by atoms with Crippen molar-refractivity contribution in [2.24, 2.45) is 5.73 Å². The number of rotatable bonds is 3. The van der Waals surface area contributed by atoms with Crippen LogP contribution in [-0.2, 0) is 6.42 Å². The second-order valence-electron chi connectivity index (χ2n) is 2.75. The Morgan fingerprint density at radius 2 is 2.15 bits per heavy atom. The van der Waals surface area contributed by atoms with E-state index in [1.54, 1.807) is 0 Å². The van der Waals surface area contributed by atoms with Gasteiger partial charge in [0.1, 0.15) is 0 Å². The topological polar surface area (TPSA) is 46.2 Å². The van der Waals surface area contributed by atoms with Gasteiger partial charge in [0.05, 0.1) is 0 Å². The molecule has 0 saturated heterocycles. The van der Waals surface area contributed by atoms with Gasteiger partial charge in [0, 0.05) is 10.6 Å². The molecule has 3 N–H and O–H groups in total. The Labute approximate surface area is 81.1 Å². The van der Waals surface area contributed by atoms with Crippen molar-refractivity contribution in [3.8, 4) is 5.75 Å². The van der Waals surface area contributed by atoms with Crippen LogP contribution < -0.4 is 5.73 Å². The van der Waals surface area contributed by atoms with E-state index in [9.17, 15) is 4.39 Å². The summed E-state index contributed by atoms with van der Waals surface area (Å²) in [6.07, 6.45) is 1.11. The van der Waals surface area contributed by atoms with Crippen molar-refractivity contribution in [3.05, 3.63) is 28.5 Å². The predicted molar refractivity (Wildman–Crippen MR) is 50.5 cm³/mol. The number of hydrogen-bond donors (Lipinski definition) is 2. The molecular formula is C9H11ClFNO. The molecule has 0 aliphatic rings. The molecule has 0 aliphatic heterocycles. The summed E-state index contributed by atoms with van der Waals surface area (Å²) in [5.41, 5.74) is 5.63. The van der Waals surface area contributed by atoms with Crippen molar-refractivity contribution in [3.63, 3.8) is 0 Å². The van der Waals surface area contributed by atoms with E-state index in [1.165, 1.54) is 12.1 Å². The van der Waals surface area contributed by atoms with Crippen LogP contribution in [0.3, 0.4) is 0 Å². The molecule has 4 heteroatoms. The average Bonchev–Trinajstić information content (AvgIpc) is 2.12. The Kier molecular flexibility index (Phi) is 3.51. The standard InChI is InChI=1S/C9H11ClFNO/c10-7-3-4-8(13)9(11)6(7)2-1-5-12/h3-4,13H,1-2,5,12H2. The summed E-state index contributed by atoms with van der Waals surface area (Å²) in [5.74, 6) is -1.00. The van der Waals surface area contributed by atoms with Crippen molar-refractivity contribution < 1.29 is 9.50 Å². The second kappa shape index (κ2) is 4.44. The van der Waals surface area contributed by atoms with Gasteiger partial charge in [0.25, 0.3) is 0 Å². The zero-order valence-electron chi connectivity index (χ0n) is 7.06. The van der Waals surface area contributed by atoms with E-state index < -0.39 is 5.82 Å². The van der Waals surface area contributed by atoms with Crippen molar-refractivity contribution in [2.45, 2.75) is 12.8 Å². The monoisotopic (exact) mass is 203 g/mol. The lowest BCUT2D eigenvalue weighted by Gasteiger charge is -2.05. The Hall–Kier alpha value is -0.800. The van der Waals surface area contributed by atoms with E-state index in [4.69, 9.17) is 22.4 Å². The average molecular weight is 204 g/mol. The largest absolute Gasteiger partial charge is 0.505 e. The molecule has 0 spiro atoms. The summed E-state index contributed by atoms with van der Waals surface area (Å²) >= 11 is 5.75. The Morgan fingerprint density at radius 1 is 1.46 bits per heavy atom. The van der Waals surface area contributed by atoms with Crippen LogP contribution in [0.15, 0.2) is 12.1 Å². The van der Waals surface area contributed by atoms with Gasteiger partial charge in [-0.3, -0.25) is 0 Å². The fourth-order valence-corrected chi connectivity index (χ4v) is 1.33. The molecule has 0 aromatic heterocycles. The molecule has 0 amide bonds. The van der Waals surface area contributed by atoms with E-state index >= 15 is 0 Å². The number of hydrogen-bond acceptors (Lipinski definition) is 2. The van der Waals surface area contributed by atoms with Gasteiger partial charge in [-0.25, -0.2) is 4.39 Å². The number of phenolic OH excluding ortho intramolecular Hbond substituents is 1. The van der Waals surface area contributed by atoms with Crippen molar-refractivity contribution in [1.29, 1.82) is 0 Å². The van der Waals surface area contributed by atoms with Crippen molar-refractivity contribution in [2.75, 3.05) is 6.54 Å². The zero-order chi connectivity index (χ0) is 9.84. The van der Waals surface area contributed by atoms with E-state index in [0.717, 1.165) is 0 Å². The van der Waals surface area contributed by atoms with Crippen LogP contribution in [0, 0.1) is 5.82 Å². The molecule has 0 bridgehead atoms. The van der Waals surface area contributed by atoms with Gasteiger partial charge in [0.2, 0.25) is 0 Å². The minimum atomic E-state index is -0.638. The highest BCUT2D eigenvalue weighted by atomic mass is 35.5. The molecule has 0 heterocycles. The molecule has 0 saturated carbocycles. The second-order valence-corrected chi connectivity index (χ2v) is 3.16. The molecule has 13 heavy (non-hydrogen) atoms. The molecule has 72 valence electrons. The molecule has 1 aromatic carbocycles. The smallest absolute Gasteiger partial charge is 0.169 e. The number of nitrogens with two attached hydrogens (primary N) is 1. The highest BCUT2D eigenvalue weighted by molar-refractivity contribution is 6.31. The molecule has 0 aliphatic carbocycles. The summed E-state index contributed by atoms with van der Waals surface area (Å²) in [5, 5.41) is 9.40. The van der Waals surface area contributed by atoms with Gasteiger partial charge < -0.3 is 10.8 Å². The maximum atomic E-state index is 13.2. The predicted octanol–water partition coefficient (Wildman–Crippen LogP) is 2.08. The minimum absolute atomic E-state index is 0.337. The Morgan fingerprint density at radius 3 is 2.77 bits per heavy atom. The molecule has 0 radical (unpaired) electrons. The van der Waals surface area contributed by atoms with Crippen molar-refractivity contribution >= 4 is 11.6 Å². The SMILES string of the molecule is NCCCc1c(Cl)ccc(O)c1F. The summed E-state index contributed by atoms with van der Waals surface area (Å²) in [7, 11) is 0. The zero-order valence-corrected chi connectivity index (χ0v) is 7.81. The lowest BCUT2D eigenvalue weighted by Crippen LogP contribution is -2.02. The van der Waals surface area contributed by atoms with Crippen LogP contribution in [-0.4, -0.2) is 11.7 Å². The summed E-state index contributed by atoms with van der Waals surface area (Å²) in [4.78, 5) is 0. The summed E-state index contributed by atoms with van der Waals surface area (Å²) in [6, 6.07) is 2.72. The molecule has 1 rings (SSSR count). The van der Waals surface area contributed by atoms with Crippen LogP contribution in [0.25, 0.3) is 0 Å². The van der Waals surface area contributed by atoms with Crippen LogP contribution in [0.2, 0.25) is 5.02 Å². The molecule has 0 unspecified atom stereocenters. The highest BCUT2D eigenvalue weighted by Gasteiger charge is 2.10. The van der Waals surface area contributed by atoms with E-state index in [-0.39, 0.29) is 5.75 Å². The minimum Gasteiger partial charge on any atom is -0.505 e. The third-order valence-electron chi connectivity index (χ3n) is 1.80. The van der Waals surface area contributed by atoms with E-state index in [0.29, 0.717) is 30.0 Å². The number of aromatic hydroxyl groups is 1. The first-order valence-electron chi connectivity index (χ1n) is 4.02. The lowest BCUT2D eigenvalue weighted by atomic mass is 10.1. The van der Waals surface area contributed by atoms with Crippen LogP contribution >= 0.6 is 11.6 Å². The van der Waals surface area contributed by atoms with Gasteiger partial charge in [-0.1, -0.05) is 11.6 Å². The maximum Gasteiger partial charge on any atom is 0.169 e. The third-order valence-corrected chi connectivity index (χ3v) is 2.15. The molecule has 0 atom stereocenters. The molecule has 1 aromatic rings. The van der Waals surface area contributed by atoms with Gasteiger partial charge in [0.15, 0.2) is 11.6 Å². The van der Waals surface area contributed by atoms with Crippen LogP contribution in [0.4, 0.5) is 4.39 Å². The van der Waals surface area contributed by atoms with E-state index in [2.05, 4.69) is 0 Å². The first-order valence-corrected chi connectivity index (χ1v) is 4.40. The molecule has 2 nitrogen and oxygen atoms in total. The van der Waals surface area contributed by atoms with Crippen molar-refractivity contribution in [1.82, 2.24) is 0 Å². The van der Waals surface area contributed by atoms with E-state index in [1.807, 2.05) is 0 Å². The lowest BCUT2D eigenvalue weighted by molar-refractivity contribution is 0.428. The number of benzene rings is 1. The summed E-state index contributed by atoms with van der Waals surface area (Å²) < 4.78 is 13.2. The van der Waals surface area contributed by atoms with Crippen LogP contribution in [0.1, 0.15) is 12.0 Å². The molecular weight excluding hydrogens is 193 g/mol. The van der Waals surface area contributed by atoms with Crippen LogP contribution in [0.5, 0.6) is 5.75 Å². The van der Waals surface area contributed by atoms with Gasteiger partial charge in [-0.05, 0) is 31.5 Å². The first-order chi connectivity index (χ1) is 6.16. The Balaban J connectivity index is 2.96. The maximum absolute atomic E-state index is 13.2. The fourth-order valence-electron chi connectivity index (χ4n) is 1.09. The quantitative estimate of drug-likeness (QED) is 0.790. The van der Waals surface area contributed by atoms with Gasteiger partial charge in [-0.15, -0.1) is 0 Å². The van der Waals surface area contributed by atoms with Gasteiger partial charge in [-0.2, -0.15) is 0 Å². The fraction of sp³-hybridized carbons (Fsp3) is 0.333. The third kappa shape index (κ3) is 2.32. The number of halogens is 2. The van der Waals surface area contributed by atoms with Gasteiger partial charge >= 0.3 is 0 Å². The summed E-state index contributed by atoms with van der Waals surface area (Å²) in [6.45, 7) is 0.478. The normalized spacial score (nSPS) is 10.4. The molecule has 0 fully saturated rings. The number of phenols is 1. The highest BCUT2D eigenvalue weighted by Crippen LogP contribution is 2.26. The Bertz CT molecular complexity index is 304.